The van der Waals surface area contributed by atoms with E-state index in [0.29, 0.717) is 6.54 Å². The number of rotatable bonds is 6. The standard InChI is InChI=1S/C20H26N2O4/c1-14-11-16(15(2)22(14)12-17-7-6-10-25-17)8-9-19(24)26-13-18(23)21-20(3,4)5/h6-11H,12-13H2,1-5H3,(H,21,23)/b9-8+. The van der Waals surface area contributed by atoms with Gasteiger partial charge in [0.25, 0.3) is 5.91 Å². The number of aryl methyl sites for hydroxylation is 1. The van der Waals surface area contributed by atoms with Crippen molar-refractivity contribution in [3.05, 3.63) is 53.2 Å². The van der Waals surface area contributed by atoms with Crippen LogP contribution in [0.4, 0.5) is 0 Å². The second-order valence-electron chi connectivity index (χ2n) is 7.23. The number of nitrogens with zero attached hydrogens (tertiary/aromatic N) is 1. The number of amides is 1. The van der Waals surface area contributed by atoms with Crippen LogP contribution in [0, 0.1) is 13.8 Å². The van der Waals surface area contributed by atoms with Crippen molar-refractivity contribution in [2.45, 2.75) is 46.7 Å². The largest absolute Gasteiger partial charge is 0.467 e. The van der Waals surface area contributed by atoms with E-state index in [0.717, 1.165) is 22.7 Å². The first kappa shape index (κ1) is 19.6. The van der Waals surface area contributed by atoms with Crippen molar-refractivity contribution in [3.8, 4) is 0 Å². The van der Waals surface area contributed by atoms with E-state index in [-0.39, 0.29) is 18.1 Å². The molecule has 6 heteroatoms. The number of carbonyl (C=O) groups is 2. The van der Waals surface area contributed by atoms with E-state index >= 15 is 0 Å². The summed E-state index contributed by atoms with van der Waals surface area (Å²) in [6, 6.07) is 5.78. The van der Waals surface area contributed by atoms with E-state index in [1.54, 1.807) is 12.3 Å². The van der Waals surface area contributed by atoms with Gasteiger partial charge < -0.3 is 19.0 Å². The van der Waals surface area contributed by atoms with Crippen LogP contribution in [0.1, 0.15) is 43.5 Å². The van der Waals surface area contributed by atoms with Crippen LogP contribution in [0.15, 0.2) is 35.0 Å². The minimum absolute atomic E-state index is 0.294. The van der Waals surface area contributed by atoms with Gasteiger partial charge in [-0.2, -0.15) is 0 Å². The SMILES string of the molecule is Cc1cc(/C=C/C(=O)OCC(=O)NC(C)(C)C)c(C)n1Cc1ccco1. The molecule has 0 unspecified atom stereocenters. The molecule has 0 saturated heterocycles. The Bertz CT molecular complexity index is 793. The third kappa shape index (κ3) is 5.65. The number of carbonyl (C=O) groups excluding carboxylic acids is 2. The van der Waals surface area contributed by atoms with Crippen molar-refractivity contribution in [2.75, 3.05) is 6.61 Å². The van der Waals surface area contributed by atoms with E-state index in [4.69, 9.17) is 9.15 Å². The molecular weight excluding hydrogens is 332 g/mol. The summed E-state index contributed by atoms with van der Waals surface area (Å²) in [6.07, 6.45) is 4.68. The van der Waals surface area contributed by atoms with E-state index in [1.165, 1.54) is 6.08 Å². The summed E-state index contributed by atoms with van der Waals surface area (Å²) >= 11 is 0. The van der Waals surface area contributed by atoms with Crippen molar-refractivity contribution in [1.82, 2.24) is 9.88 Å². The normalized spacial score (nSPS) is 11.7. The van der Waals surface area contributed by atoms with Gasteiger partial charge in [0.05, 0.1) is 12.8 Å². The van der Waals surface area contributed by atoms with Crippen LogP contribution in [-0.2, 0) is 20.9 Å². The Morgan fingerprint density at radius 2 is 2.04 bits per heavy atom. The van der Waals surface area contributed by atoms with Gasteiger partial charge in [0.2, 0.25) is 0 Å². The molecule has 0 aliphatic rings. The molecular formula is C20H26N2O4. The highest BCUT2D eigenvalue weighted by molar-refractivity contribution is 5.89. The van der Waals surface area contributed by atoms with Crippen LogP contribution in [0.3, 0.4) is 0 Å². The summed E-state index contributed by atoms with van der Waals surface area (Å²) in [5, 5.41) is 2.74. The zero-order valence-corrected chi connectivity index (χ0v) is 16.0. The van der Waals surface area contributed by atoms with Crippen LogP contribution < -0.4 is 5.32 Å². The number of hydrogen-bond acceptors (Lipinski definition) is 4. The number of nitrogens with one attached hydrogen (secondary N) is 1. The molecule has 2 aromatic rings. The summed E-state index contributed by atoms with van der Waals surface area (Å²) in [4.78, 5) is 23.5. The summed E-state index contributed by atoms with van der Waals surface area (Å²) in [5.41, 5.74) is 2.65. The molecule has 2 aromatic heterocycles. The lowest BCUT2D eigenvalue weighted by Crippen LogP contribution is -2.42. The maximum Gasteiger partial charge on any atom is 0.331 e. The second kappa shape index (κ2) is 8.08. The van der Waals surface area contributed by atoms with Crippen LogP contribution in [-0.4, -0.2) is 28.6 Å². The monoisotopic (exact) mass is 358 g/mol. The van der Waals surface area contributed by atoms with Gasteiger partial charge in [-0.3, -0.25) is 4.79 Å². The fourth-order valence-corrected chi connectivity index (χ4v) is 2.60. The predicted molar refractivity (Wildman–Crippen MR) is 99.6 cm³/mol. The van der Waals surface area contributed by atoms with Crippen molar-refractivity contribution in [2.24, 2.45) is 0 Å². The lowest BCUT2D eigenvalue weighted by molar-refractivity contribution is -0.144. The fourth-order valence-electron chi connectivity index (χ4n) is 2.60. The molecule has 0 aromatic carbocycles. The first-order valence-corrected chi connectivity index (χ1v) is 8.50. The van der Waals surface area contributed by atoms with Gasteiger partial charge in [0.1, 0.15) is 5.76 Å². The summed E-state index contributed by atoms with van der Waals surface area (Å²) < 4.78 is 12.5. The zero-order valence-electron chi connectivity index (χ0n) is 16.0. The van der Waals surface area contributed by atoms with Crippen LogP contribution in [0.2, 0.25) is 0 Å². The van der Waals surface area contributed by atoms with Crippen LogP contribution in [0.5, 0.6) is 0 Å². The number of hydrogen-bond donors (Lipinski definition) is 1. The molecule has 1 amide bonds. The molecule has 2 rings (SSSR count). The van der Waals surface area contributed by atoms with E-state index in [2.05, 4.69) is 9.88 Å². The first-order valence-electron chi connectivity index (χ1n) is 8.50. The minimum atomic E-state index is -0.551. The highest BCUT2D eigenvalue weighted by Crippen LogP contribution is 2.18. The van der Waals surface area contributed by atoms with Crippen LogP contribution in [0.25, 0.3) is 6.08 Å². The maximum absolute atomic E-state index is 11.8. The van der Waals surface area contributed by atoms with E-state index in [1.807, 2.05) is 52.8 Å². The van der Waals surface area contributed by atoms with Crippen LogP contribution >= 0.6 is 0 Å². The van der Waals surface area contributed by atoms with Gasteiger partial charge in [-0.25, -0.2) is 4.79 Å². The van der Waals surface area contributed by atoms with Crippen molar-refractivity contribution in [3.63, 3.8) is 0 Å². The molecule has 0 aliphatic carbocycles. The fraction of sp³-hybridized carbons (Fsp3) is 0.400. The van der Waals surface area contributed by atoms with Gasteiger partial charge in [-0.15, -0.1) is 0 Å². The first-order chi connectivity index (χ1) is 12.2. The Hall–Kier alpha value is -2.76. The highest BCUT2D eigenvalue weighted by atomic mass is 16.5. The van der Waals surface area contributed by atoms with Gasteiger partial charge >= 0.3 is 5.97 Å². The Morgan fingerprint density at radius 1 is 1.31 bits per heavy atom. The molecule has 1 N–H and O–H groups in total. The summed E-state index contributed by atoms with van der Waals surface area (Å²) in [7, 11) is 0. The number of ether oxygens (including phenoxy) is 1. The third-order valence-electron chi connectivity index (χ3n) is 3.77. The average Bonchev–Trinajstić information content (AvgIpc) is 3.13. The average molecular weight is 358 g/mol. The lowest BCUT2D eigenvalue weighted by Gasteiger charge is -2.20. The number of aromatic nitrogens is 1. The molecule has 0 saturated carbocycles. The number of furan rings is 1. The minimum Gasteiger partial charge on any atom is -0.467 e. The smallest absolute Gasteiger partial charge is 0.331 e. The zero-order chi connectivity index (χ0) is 19.3. The molecule has 140 valence electrons. The molecule has 0 fully saturated rings. The second-order valence-corrected chi connectivity index (χ2v) is 7.23. The lowest BCUT2D eigenvalue weighted by atomic mass is 10.1. The summed E-state index contributed by atoms with van der Waals surface area (Å²) in [6.45, 7) is 9.93. The molecule has 0 bridgehead atoms. The Kier molecular flexibility index (Phi) is 6.08. The van der Waals surface area contributed by atoms with Gasteiger partial charge in [0, 0.05) is 23.0 Å². The maximum atomic E-state index is 11.8. The molecule has 0 aliphatic heterocycles. The quantitative estimate of drug-likeness (QED) is 0.636. The van der Waals surface area contributed by atoms with Crippen molar-refractivity contribution < 1.29 is 18.7 Å². The summed E-state index contributed by atoms with van der Waals surface area (Å²) in [5.74, 6) is -0.00706. The molecule has 2 heterocycles. The molecule has 0 spiro atoms. The predicted octanol–water partition coefficient (Wildman–Crippen LogP) is 3.22. The third-order valence-corrected chi connectivity index (χ3v) is 3.77. The molecule has 26 heavy (non-hydrogen) atoms. The molecule has 0 atom stereocenters. The Labute approximate surface area is 153 Å². The van der Waals surface area contributed by atoms with E-state index in [9.17, 15) is 9.59 Å². The van der Waals surface area contributed by atoms with Gasteiger partial charge in [0.15, 0.2) is 6.61 Å². The topological polar surface area (TPSA) is 73.5 Å². The molecule has 0 radical (unpaired) electrons. The Morgan fingerprint density at radius 3 is 2.65 bits per heavy atom. The molecule has 6 nitrogen and oxygen atoms in total. The van der Waals surface area contributed by atoms with E-state index < -0.39 is 5.97 Å². The number of esters is 1. The van der Waals surface area contributed by atoms with Gasteiger partial charge in [-0.1, -0.05) is 0 Å². The Balaban J connectivity index is 1.95. The van der Waals surface area contributed by atoms with Crippen molar-refractivity contribution in [1.29, 1.82) is 0 Å². The van der Waals surface area contributed by atoms with Crippen molar-refractivity contribution >= 4 is 18.0 Å². The van der Waals surface area contributed by atoms with Gasteiger partial charge in [-0.05, 0) is 64.5 Å². The highest BCUT2D eigenvalue weighted by Gasteiger charge is 2.14.